The van der Waals surface area contributed by atoms with E-state index in [1.54, 1.807) is 0 Å². The molecule has 5 heteroatoms. The van der Waals surface area contributed by atoms with Crippen LogP contribution in [0, 0.1) is 19.4 Å². The monoisotopic (exact) mass is 388 g/mol. The summed E-state index contributed by atoms with van der Waals surface area (Å²) in [6.45, 7) is 14.2. The number of hydrogen-bond donors (Lipinski definition) is 3. The molecule has 29 heavy (non-hydrogen) atoms. The Hall–Kier alpha value is -3.65. The van der Waals surface area contributed by atoms with E-state index < -0.39 is 0 Å². The summed E-state index contributed by atoms with van der Waals surface area (Å²) in [6.07, 6.45) is 5.48. The van der Waals surface area contributed by atoms with E-state index in [0.717, 1.165) is 27.9 Å². The Balaban J connectivity index is 2.28. The van der Waals surface area contributed by atoms with Crippen LogP contribution in [-0.2, 0) is 4.74 Å². The summed E-state index contributed by atoms with van der Waals surface area (Å²) in [7, 11) is 0. The zero-order valence-corrected chi connectivity index (χ0v) is 17.3. The fourth-order valence-electron chi connectivity index (χ4n) is 3.02. The van der Waals surface area contributed by atoms with Crippen molar-refractivity contribution in [2.24, 2.45) is 10.7 Å². The van der Waals surface area contributed by atoms with E-state index >= 15 is 0 Å². The number of anilines is 1. The minimum absolute atomic E-state index is 0.0478. The number of ether oxygens (including phenoxy) is 1. The number of hydrogen-bond acceptors (Lipinski definition) is 4. The molecule has 2 aromatic carbocycles. The summed E-state index contributed by atoms with van der Waals surface area (Å²) in [5, 5.41) is 6.57. The quantitative estimate of drug-likeness (QED) is 0.269. The summed E-state index contributed by atoms with van der Waals surface area (Å²) in [5.74, 6) is 1.12. The first-order valence-corrected chi connectivity index (χ1v) is 9.40. The minimum atomic E-state index is -0.0478. The van der Waals surface area contributed by atoms with Crippen molar-refractivity contribution in [2.75, 3.05) is 11.9 Å². The van der Waals surface area contributed by atoms with Gasteiger partial charge in [-0.25, -0.2) is 0 Å². The third kappa shape index (κ3) is 5.66. The molecule has 0 radical (unpaired) electrons. The van der Waals surface area contributed by atoms with Gasteiger partial charge in [0.15, 0.2) is 5.88 Å². The van der Waals surface area contributed by atoms with Gasteiger partial charge in [0.1, 0.15) is 5.84 Å². The van der Waals surface area contributed by atoms with Crippen LogP contribution in [-0.4, -0.2) is 12.4 Å². The van der Waals surface area contributed by atoms with E-state index in [0.29, 0.717) is 24.0 Å². The largest absolute Gasteiger partial charge is 0.480 e. The summed E-state index contributed by atoms with van der Waals surface area (Å²) < 4.78 is 5.36. The van der Waals surface area contributed by atoms with Crippen molar-refractivity contribution in [1.29, 1.82) is 0 Å². The van der Waals surface area contributed by atoms with Gasteiger partial charge in [0, 0.05) is 28.6 Å². The Kier molecular flexibility index (Phi) is 7.50. The number of rotatable bonds is 8. The lowest BCUT2D eigenvalue weighted by molar-refractivity contribution is 0.236. The van der Waals surface area contributed by atoms with Gasteiger partial charge in [0.05, 0.1) is 12.6 Å². The van der Waals surface area contributed by atoms with Gasteiger partial charge in [0.25, 0.3) is 0 Å². The number of amidine groups is 1. The van der Waals surface area contributed by atoms with Crippen LogP contribution in [0.3, 0.4) is 0 Å². The lowest BCUT2D eigenvalue weighted by Gasteiger charge is -2.20. The van der Waals surface area contributed by atoms with E-state index in [4.69, 9.17) is 16.9 Å². The maximum absolute atomic E-state index is 5.91. The van der Waals surface area contributed by atoms with Gasteiger partial charge in [-0.2, -0.15) is 4.99 Å². The van der Waals surface area contributed by atoms with Gasteiger partial charge in [-0.1, -0.05) is 43.3 Å². The van der Waals surface area contributed by atoms with Gasteiger partial charge < -0.3 is 21.1 Å². The Morgan fingerprint density at radius 2 is 1.93 bits per heavy atom. The first-order chi connectivity index (χ1) is 13.9. The normalized spacial score (nSPS) is 11.9. The topological polar surface area (TPSA) is 71.7 Å². The lowest BCUT2D eigenvalue weighted by Crippen LogP contribution is -2.28. The Morgan fingerprint density at radius 3 is 2.59 bits per heavy atom. The van der Waals surface area contributed by atoms with Gasteiger partial charge in [-0.15, -0.1) is 0 Å². The molecule has 0 aromatic heterocycles. The Bertz CT molecular complexity index is 969. The summed E-state index contributed by atoms with van der Waals surface area (Å²) in [4.78, 5) is 4.23. The summed E-state index contributed by atoms with van der Waals surface area (Å²) >= 11 is 0. The molecule has 0 aliphatic rings. The highest BCUT2D eigenvalue weighted by Gasteiger charge is 2.14. The highest BCUT2D eigenvalue weighted by atomic mass is 16.5. The molecule has 0 fully saturated rings. The minimum Gasteiger partial charge on any atom is -0.480 e. The second-order valence-electron chi connectivity index (χ2n) is 6.57. The molecule has 2 rings (SSSR count). The molecule has 0 heterocycles. The highest BCUT2D eigenvalue weighted by molar-refractivity contribution is 6.01. The van der Waals surface area contributed by atoms with Crippen LogP contribution in [0.15, 0.2) is 66.5 Å². The smallest absolute Gasteiger partial charge is 0.183 e. The van der Waals surface area contributed by atoms with Crippen LogP contribution >= 0.6 is 0 Å². The first-order valence-electron chi connectivity index (χ1n) is 9.40. The fraction of sp³-hybridized carbons (Fsp3) is 0.208. The van der Waals surface area contributed by atoms with Crippen LogP contribution in [0.5, 0.6) is 0 Å². The van der Waals surface area contributed by atoms with E-state index in [1.807, 2.05) is 63.2 Å². The van der Waals surface area contributed by atoms with Crippen LogP contribution in [0.2, 0.25) is 0 Å². The molecule has 0 aliphatic carbocycles. The number of nitrogens with one attached hydrogen (secondary N) is 2. The number of benzene rings is 2. The van der Waals surface area contributed by atoms with Crippen LogP contribution in [0.1, 0.15) is 42.1 Å². The van der Waals surface area contributed by atoms with Crippen molar-refractivity contribution < 1.29 is 4.74 Å². The average Bonchev–Trinajstić information content (AvgIpc) is 2.68. The molecule has 0 saturated heterocycles. The molecule has 1 unspecified atom stereocenters. The van der Waals surface area contributed by atoms with Crippen LogP contribution < -0.4 is 16.4 Å². The molecule has 0 spiro atoms. The number of nitrogens with zero attached hydrogens (tertiary/aromatic N) is 1. The predicted molar refractivity (Wildman–Crippen MR) is 122 cm³/mol. The molecule has 4 N–H and O–H groups in total. The molecule has 150 valence electrons. The van der Waals surface area contributed by atoms with Crippen LogP contribution in [0.25, 0.3) is 5.70 Å². The highest BCUT2D eigenvalue weighted by Crippen LogP contribution is 2.22. The summed E-state index contributed by atoms with van der Waals surface area (Å²) in [5.41, 5.74) is 11.1. The van der Waals surface area contributed by atoms with Crippen molar-refractivity contribution in [2.45, 2.75) is 26.8 Å². The van der Waals surface area contributed by atoms with Crippen molar-refractivity contribution in [3.05, 3.63) is 83.8 Å². The van der Waals surface area contributed by atoms with E-state index in [-0.39, 0.29) is 6.04 Å². The molecular formula is C24H28N4O. The van der Waals surface area contributed by atoms with Gasteiger partial charge in [0.2, 0.25) is 0 Å². The third-order valence-corrected chi connectivity index (χ3v) is 4.45. The lowest BCUT2D eigenvalue weighted by atomic mass is 9.99. The van der Waals surface area contributed by atoms with Crippen molar-refractivity contribution in [3.8, 4) is 12.5 Å². The SMILES string of the molecule is C#CN=C(NC(C)c1cccc(NC(=C)OCC)c1)c1cccc(C(=C)N)c1C. The van der Waals surface area contributed by atoms with Crippen LogP contribution in [0.4, 0.5) is 5.69 Å². The van der Waals surface area contributed by atoms with Gasteiger partial charge in [-0.05, 0) is 50.6 Å². The fourth-order valence-corrected chi connectivity index (χ4v) is 3.02. The standard InChI is InChI=1S/C24H28N4O/c1-7-26-24(23-14-10-13-22(16(23)3)17(4)25)27-18(5)20-11-9-12-21(15-20)28-19(6)29-8-2/h1,9-15,18,28H,4,6,8,25H2,2-3,5H3,(H,26,27). The maximum Gasteiger partial charge on any atom is 0.183 e. The second kappa shape index (κ2) is 10.0. The predicted octanol–water partition coefficient (Wildman–Crippen LogP) is 4.53. The van der Waals surface area contributed by atoms with Crippen molar-refractivity contribution in [1.82, 2.24) is 5.32 Å². The number of nitrogens with two attached hydrogens (primary N) is 1. The Labute approximate surface area is 173 Å². The first kappa shape index (κ1) is 21.6. The zero-order chi connectivity index (χ0) is 21.4. The van der Waals surface area contributed by atoms with Gasteiger partial charge in [-0.3, -0.25) is 0 Å². The second-order valence-corrected chi connectivity index (χ2v) is 6.57. The molecule has 0 amide bonds. The van der Waals surface area contributed by atoms with E-state index in [2.05, 4.69) is 34.8 Å². The van der Waals surface area contributed by atoms with E-state index in [1.165, 1.54) is 0 Å². The zero-order valence-electron chi connectivity index (χ0n) is 17.3. The Morgan fingerprint density at radius 1 is 1.24 bits per heavy atom. The molecule has 0 bridgehead atoms. The number of aliphatic imine (C=N–C) groups is 1. The van der Waals surface area contributed by atoms with Gasteiger partial charge >= 0.3 is 0 Å². The molecule has 2 aromatic rings. The molecular weight excluding hydrogens is 360 g/mol. The number of terminal acetylenes is 1. The molecule has 1 atom stereocenters. The molecule has 5 nitrogen and oxygen atoms in total. The average molecular weight is 389 g/mol. The van der Waals surface area contributed by atoms with Crippen molar-refractivity contribution >= 4 is 17.2 Å². The third-order valence-electron chi connectivity index (χ3n) is 4.45. The summed E-state index contributed by atoms with van der Waals surface area (Å²) in [6, 6.07) is 16.1. The van der Waals surface area contributed by atoms with Crippen molar-refractivity contribution in [3.63, 3.8) is 0 Å². The van der Waals surface area contributed by atoms with E-state index in [9.17, 15) is 0 Å². The molecule has 0 aliphatic heterocycles. The molecule has 0 saturated carbocycles. The maximum atomic E-state index is 5.91.